The zero-order valence-electron chi connectivity index (χ0n) is 10.9. The van der Waals surface area contributed by atoms with E-state index in [0.717, 1.165) is 26.1 Å². The molecular weight excluding hydrogens is 266 g/mol. The van der Waals surface area contributed by atoms with E-state index in [1.54, 1.807) is 13.1 Å². The third-order valence-electron chi connectivity index (χ3n) is 3.23. The number of nitrogens with zero attached hydrogens (tertiary/aromatic N) is 1. The van der Waals surface area contributed by atoms with E-state index in [0.29, 0.717) is 28.9 Å². The van der Waals surface area contributed by atoms with Gasteiger partial charge in [0.25, 0.3) is 5.91 Å². The van der Waals surface area contributed by atoms with E-state index < -0.39 is 0 Å². The third-order valence-corrected chi connectivity index (χ3v) is 3.52. The van der Waals surface area contributed by atoms with Crippen molar-refractivity contribution in [3.8, 4) is 0 Å². The molecule has 1 amide bonds. The van der Waals surface area contributed by atoms with Crippen molar-refractivity contribution in [1.29, 1.82) is 0 Å². The highest BCUT2D eigenvalue weighted by Crippen LogP contribution is 2.19. The van der Waals surface area contributed by atoms with Gasteiger partial charge in [0.15, 0.2) is 0 Å². The first-order chi connectivity index (χ1) is 9.20. The van der Waals surface area contributed by atoms with Gasteiger partial charge in [0.2, 0.25) is 0 Å². The Kier molecular flexibility index (Phi) is 4.99. The Hall–Kier alpha value is -1.33. The molecule has 0 radical (unpaired) electrons. The third kappa shape index (κ3) is 3.81. The number of rotatable bonds is 4. The fourth-order valence-corrected chi connectivity index (χ4v) is 2.30. The van der Waals surface area contributed by atoms with E-state index in [1.165, 1.54) is 6.20 Å². The Labute approximate surface area is 117 Å². The predicted molar refractivity (Wildman–Crippen MR) is 74.7 cm³/mol. The number of nitrogens with one attached hydrogen (secondary N) is 2. The molecule has 6 heteroatoms. The van der Waals surface area contributed by atoms with Crippen LogP contribution in [0.2, 0.25) is 5.02 Å². The molecular formula is C13H18ClN3O2. The summed E-state index contributed by atoms with van der Waals surface area (Å²) in [7, 11) is 1.74. The Balaban J connectivity index is 1.90. The first kappa shape index (κ1) is 14.1. The number of aromatic nitrogens is 1. The molecule has 1 aliphatic heterocycles. The summed E-state index contributed by atoms with van der Waals surface area (Å²) in [5.41, 5.74) is 0.482. The Morgan fingerprint density at radius 1 is 1.53 bits per heavy atom. The van der Waals surface area contributed by atoms with Crippen molar-refractivity contribution in [3.05, 3.63) is 22.8 Å². The van der Waals surface area contributed by atoms with Crippen LogP contribution in [0.15, 0.2) is 12.3 Å². The summed E-state index contributed by atoms with van der Waals surface area (Å²) >= 11 is 6.00. The number of halogens is 1. The number of hydrogen-bond acceptors (Lipinski definition) is 4. The van der Waals surface area contributed by atoms with E-state index in [4.69, 9.17) is 16.3 Å². The van der Waals surface area contributed by atoms with Crippen LogP contribution in [-0.2, 0) is 4.74 Å². The highest BCUT2D eigenvalue weighted by atomic mass is 35.5. The van der Waals surface area contributed by atoms with Gasteiger partial charge in [-0.25, -0.2) is 4.98 Å². The molecule has 0 bridgehead atoms. The van der Waals surface area contributed by atoms with Crippen LogP contribution in [0, 0.1) is 5.92 Å². The zero-order valence-corrected chi connectivity index (χ0v) is 11.7. The van der Waals surface area contributed by atoms with Gasteiger partial charge >= 0.3 is 0 Å². The second-order valence-corrected chi connectivity index (χ2v) is 4.98. The molecule has 2 N–H and O–H groups in total. The molecule has 0 saturated carbocycles. The minimum Gasteiger partial charge on any atom is -0.381 e. The van der Waals surface area contributed by atoms with Crippen molar-refractivity contribution in [1.82, 2.24) is 10.3 Å². The van der Waals surface area contributed by atoms with Gasteiger partial charge in [-0.05, 0) is 24.8 Å². The second-order valence-electron chi connectivity index (χ2n) is 4.57. The Bertz CT molecular complexity index is 448. The molecule has 5 nitrogen and oxygen atoms in total. The van der Waals surface area contributed by atoms with E-state index in [-0.39, 0.29) is 5.91 Å². The van der Waals surface area contributed by atoms with Gasteiger partial charge in [0.05, 0.1) is 10.6 Å². The van der Waals surface area contributed by atoms with E-state index >= 15 is 0 Å². The number of hydrogen-bond donors (Lipinski definition) is 2. The van der Waals surface area contributed by atoms with Crippen molar-refractivity contribution in [3.63, 3.8) is 0 Å². The van der Waals surface area contributed by atoms with Crippen molar-refractivity contribution in [2.75, 3.05) is 32.1 Å². The van der Waals surface area contributed by atoms with Crippen LogP contribution >= 0.6 is 11.6 Å². The van der Waals surface area contributed by atoms with Crippen LogP contribution < -0.4 is 10.6 Å². The highest BCUT2D eigenvalue weighted by Gasteiger charge is 2.15. The maximum atomic E-state index is 12.0. The number of ether oxygens (including phenoxy) is 1. The average molecular weight is 284 g/mol. The fourth-order valence-electron chi connectivity index (χ4n) is 2.04. The summed E-state index contributed by atoms with van der Waals surface area (Å²) in [6, 6.07) is 1.62. The highest BCUT2D eigenvalue weighted by molar-refractivity contribution is 6.33. The van der Waals surface area contributed by atoms with E-state index in [2.05, 4.69) is 15.6 Å². The summed E-state index contributed by atoms with van der Waals surface area (Å²) < 4.78 is 5.29. The van der Waals surface area contributed by atoms with E-state index in [1.807, 2.05) is 0 Å². The van der Waals surface area contributed by atoms with Crippen LogP contribution in [-0.4, -0.2) is 37.7 Å². The lowest BCUT2D eigenvalue weighted by atomic mass is 10.0. The van der Waals surface area contributed by atoms with Crippen molar-refractivity contribution in [2.24, 2.45) is 5.92 Å². The molecule has 2 heterocycles. The predicted octanol–water partition coefficient (Wildman–Crippen LogP) is 1.93. The van der Waals surface area contributed by atoms with Gasteiger partial charge in [0.1, 0.15) is 5.82 Å². The largest absolute Gasteiger partial charge is 0.381 e. The van der Waals surface area contributed by atoms with Crippen LogP contribution in [0.25, 0.3) is 0 Å². The van der Waals surface area contributed by atoms with Gasteiger partial charge < -0.3 is 15.4 Å². The summed E-state index contributed by atoms with van der Waals surface area (Å²) in [5.74, 6) is 0.934. The van der Waals surface area contributed by atoms with Gasteiger partial charge in [-0.15, -0.1) is 0 Å². The topological polar surface area (TPSA) is 63.2 Å². The molecule has 1 saturated heterocycles. The number of amides is 1. The SMILES string of the molecule is CNc1ncc(C(=O)NCC2CCOCC2)cc1Cl. The molecule has 1 aromatic heterocycles. The van der Waals surface area contributed by atoms with Crippen LogP contribution in [0.1, 0.15) is 23.2 Å². The molecule has 2 rings (SSSR count). The minimum absolute atomic E-state index is 0.136. The molecule has 0 unspecified atom stereocenters. The summed E-state index contributed by atoms with van der Waals surface area (Å²) in [6.45, 7) is 2.24. The Morgan fingerprint density at radius 2 is 2.26 bits per heavy atom. The lowest BCUT2D eigenvalue weighted by Gasteiger charge is -2.22. The molecule has 1 aliphatic rings. The van der Waals surface area contributed by atoms with Crippen LogP contribution in [0.4, 0.5) is 5.82 Å². The first-order valence-electron chi connectivity index (χ1n) is 6.40. The van der Waals surface area contributed by atoms with E-state index in [9.17, 15) is 4.79 Å². The average Bonchev–Trinajstić information content (AvgIpc) is 2.45. The molecule has 104 valence electrons. The molecule has 1 aromatic rings. The normalized spacial score (nSPS) is 16.1. The number of carbonyl (C=O) groups excluding carboxylic acids is 1. The van der Waals surface area contributed by atoms with Crippen LogP contribution in [0.5, 0.6) is 0 Å². The first-order valence-corrected chi connectivity index (χ1v) is 6.77. The van der Waals surface area contributed by atoms with Crippen molar-refractivity contribution < 1.29 is 9.53 Å². The molecule has 0 aromatic carbocycles. The van der Waals surface area contributed by atoms with Gasteiger partial charge in [-0.3, -0.25) is 4.79 Å². The minimum atomic E-state index is -0.136. The number of carbonyl (C=O) groups is 1. The Morgan fingerprint density at radius 3 is 2.89 bits per heavy atom. The maximum absolute atomic E-state index is 12.0. The molecule has 0 atom stereocenters. The lowest BCUT2D eigenvalue weighted by Crippen LogP contribution is -2.32. The van der Waals surface area contributed by atoms with Gasteiger partial charge in [-0.1, -0.05) is 11.6 Å². The standard InChI is InChI=1S/C13H18ClN3O2/c1-15-12-11(14)6-10(8-16-12)13(18)17-7-9-2-4-19-5-3-9/h6,8-9H,2-5,7H2,1H3,(H,15,16)(H,17,18). The zero-order chi connectivity index (χ0) is 13.7. The molecule has 0 spiro atoms. The second kappa shape index (κ2) is 6.73. The fraction of sp³-hybridized carbons (Fsp3) is 0.538. The van der Waals surface area contributed by atoms with Crippen molar-refractivity contribution >= 4 is 23.3 Å². The van der Waals surface area contributed by atoms with Gasteiger partial charge in [-0.2, -0.15) is 0 Å². The molecule has 0 aliphatic carbocycles. The molecule has 19 heavy (non-hydrogen) atoms. The van der Waals surface area contributed by atoms with Gasteiger partial charge in [0, 0.05) is 33.0 Å². The smallest absolute Gasteiger partial charge is 0.252 e. The lowest BCUT2D eigenvalue weighted by molar-refractivity contribution is 0.0642. The molecule has 1 fully saturated rings. The summed E-state index contributed by atoms with van der Waals surface area (Å²) in [4.78, 5) is 16.1. The number of anilines is 1. The maximum Gasteiger partial charge on any atom is 0.252 e. The monoisotopic (exact) mass is 283 g/mol. The quantitative estimate of drug-likeness (QED) is 0.886. The van der Waals surface area contributed by atoms with Crippen molar-refractivity contribution in [2.45, 2.75) is 12.8 Å². The number of pyridine rings is 1. The van der Waals surface area contributed by atoms with Crippen LogP contribution in [0.3, 0.4) is 0 Å². The summed E-state index contributed by atoms with van der Waals surface area (Å²) in [5, 5.41) is 6.22. The summed E-state index contributed by atoms with van der Waals surface area (Å²) in [6.07, 6.45) is 3.52.